The van der Waals surface area contributed by atoms with E-state index in [-0.39, 0.29) is 0 Å². The van der Waals surface area contributed by atoms with E-state index in [1.54, 1.807) is 0 Å². The summed E-state index contributed by atoms with van der Waals surface area (Å²) in [5.41, 5.74) is 2.95. The van der Waals surface area contributed by atoms with E-state index in [9.17, 15) is 0 Å². The maximum atomic E-state index is 8.49. The Kier molecular flexibility index (Phi) is 5.69. The lowest BCUT2D eigenvalue weighted by atomic mass is 9.79. The number of nitriles is 1. The van der Waals surface area contributed by atoms with Crippen molar-refractivity contribution in [3.8, 4) is 17.9 Å². The molecule has 0 radical (unpaired) electrons. The van der Waals surface area contributed by atoms with Crippen molar-refractivity contribution in [1.82, 2.24) is 0 Å². The molecule has 1 aromatic rings. The normalized spacial score (nSPS) is 21.6. The maximum Gasteiger partial charge on any atom is 0.152 e. The predicted octanol–water partition coefficient (Wildman–Crippen LogP) is 4.83. The summed E-state index contributed by atoms with van der Waals surface area (Å²) in [6.45, 7) is 2.24. The third-order valence-electron chi connectivity index (χ3n) is 4.33. The quantitative estimate of drug-likeness (QED) is 0.715. The molecule has 1 aliphatic rings. The van der Waals surface area contributed by atoms with Crippen LogP contribution in [0.25, 0.3) is 0 Å². The summed E-state index contributed by atoms with van der Waals surface area (Å²) in [6, 6.07) is 11.1. The summed E-state index contributed by atoms with van der Waals surface area (Å²) < 4.78 is 0. The van der Waals surface area contributed by atoms with Crippen LogP contribution < -0.4 is 0 Å². The van der Waals surface area contributed by atoms with Crippen LogP contribution in [0.4, 0.5) is 0 Å². The molecule has 0 aromatic heterocycles. The lowest BCUT2D eigenvalue weighted by Gasteiger charge is -2.26. The third kappa shape index (κ3) is 4.14. The highest BCUT2D eigenvalue weighted by Gasteiger charge is 2.21. The maximum absolute atomic E-state index is 8.49. The lowest BCUT2D eigenvalue weighted by molar-refractivity contribution is 0.384. The molecule has 0 bridgehead atoms. The van der Waals surface area contributed by atoms with E-state index in [2.05, 4.69) is 43.0 Å². The molecule has 0 N–H and O–H groups in total. The Morgan fingerprint density at radius 3 is 2.40 bits per heavy atom. The molecule has 0 spiro atoms. The van der Waals surface area contributed by atoms with E-state index < -0.39 is 0 Å². The fraction of sp³-hybridized carbons (Fsp3) is 0.526. The van der Waals surface area contributed by atoms with Crippen LogP contribution >= 0.6 is 0 Å². The molecule has 1 fully saturated rings. The SMILES string of the molecule is CCCCc1ccc(C2CCC(C#CC#N)CC2)cc1. The topological polar surface area (TPSA) is 23.8 Å². The highest BCUT2D eigenvalue weighted by atomic mass is 14.3. The Hall–Kier alpha value is -1.73. The summed E-state index contributed by atoms with van der Waals surface area (Å²) >= 11 is 0. The van der Waals surface area contributed by atoms with E-state index >= 15 is 0 Å². The molecule has 0 atom stereocenters. The van der Waals surface area contributed by atoms with Gasteiger partial charge in [-0.15, -0.1) is 0 Å². The molecule has 0 aliphatic heterocycles. The Morgan fingerprint density at radius 1 is 1.10 bits per heavy atom. The molecule has 0 amide bonds. The first-order valence-corrected chi connectivity index (χ1v) is 7.82. The summed E-state index contributed by atoms with van der Waals surface area (Å²) in [4.78, 5) is 0. The van der Waals surface area contributed by atoms with Crippen LogP contribution in [0.2, 0.25) is 0 Å². The van der Waals surface area contributed by atoms with Crippen LogP contribution in [0.1, 0.15) is 62.5 Å². The van der Waals surface area contributed by atoms with Crippen LogP contribution in [-0.2, 0) is 6.42 Å². The molecule has 1 heteroatoms. The second-order valence-electron chi connectivity index (χ2n) is 5.77. The number of benzene rings is 1. The van der Waals surface area contributed by atoms with Crippen LogP contribution in [-0.4, -0.2) is 0 Å². The van der Waals surface area contributed by atoms with Gasteiger partial charge < -0.3 is 0 Å². The highest BCUT2D eigenvalue weighted by molar-refractivity contribution is 5.26. The van der Waals surface area contributed by atoms with Crippen LogP contribution in [0.15, 0.2) is 24.3 Å². The molecule has 1 aliphatic carbocycles. The molecule has 1 aromatic carbocycles. The number of hydrogen-bond donors (Lipinski definition) is 0. The minimum Gasteiger partial charge on any atom is -0.183 e. The van der Waals surface area contributed by atoms with Gasteiger partial charge in [-0.2, -0.15) is 5.26 Å². The number of nitrogens with zero attached hydrogens (tertiary/aromatic N) is 1. The summed E-state index contributed by atoms with van der Waals surface area (Å²) in [7, 11) is 0. The standard InChI is InChI=1S/C19H23N/c1-2-3-5-16-7-11-18(12-8-16)19-13-9-17(10-14-19)6-4-15-20/h7-8,11-12,17,19H,2-3,5,9-10,13-14H2,1H3. The van der Waals surface area contributed by atoms with E-state index in [1.165, 1.54) is 43.2 Å². The largest absolute Gasteiger partial charge is 0.183 e. The number of rotatable bonds is 4. The zero-order valence-corrected chi connectivity index (χ0v) is 12.4. The van der Waals surface area contributed by atoms with Gasteiger partial charge in [0.25, 0.3) is 0 Å². The van der Waals surface area contributed by atoms with Gasteiger partial charge in [-0.3, -0.25) is 0 Å². The van der Waals surface area contributed by atoms with Crippen molar-refractivity contribution in [2.75, 3.05) is 0 Å². The third-order valence-corrected chi connectivity index (χ3v) is 4.33. The molecular formula is C19H23N. The van der Waals surface area contributed by atoms with Crippen LogP contribution in [0.5, 0.6) is 0 Å². The minimum atomic E-state index is 0.440. The van der Waals surface area contributed by atoms with E-state index in [1.807, 2.05) is 6.07 Å². The van der Waals surface area contributed by atoms with Gasteiger partial charge in [0.15, 0.2) is 6.07 Å². The fourth-order valence-electron chi connectivity index (χ4n) is 3.04. The molecule has 20 heavy (non-hydrogen) atoms. The average Bonchev–Trinajstić information content (AvgIpc) is 2.52. The average molecular weight is 265 g/mol. The molecule has 104 valence electrons. The second kappa shape index (κ2) is 7.76. The first-order valence-electron chi connectivity index (χ1n) is 7.82. The first kappa shape index (κ1) is 14.7. The van der Waals surface area contributed by atoms with Crippen LogP contribution in [0.3, 0.4) is 0 Å². The van der Waals surface area contributed by atoms with Gasteiger partial charge in [-0.1, -0.05) is 43.5 Å². The number of unbranched alkanes of at least 4 members (excludes halogenated alkanes) is 1. The molecule has 0 heterocycles. The Labute approximate surface area is 123 Å². The number of aryl methyl sites for hydroxylation is 1. The van der Waals surface area contributed by atoms with Gasteiger partial charge in [-0.05, 0) is 55.6 Å². The monoisotopic (exact) mass is 265 g/mol. The van der Waals surface area contributed by atoms with Crippen molar-refractivity contribution in [2.45, 2.75) is 57.8 Å². The molecular weight excluding hydrogens is 242 g/mol. The van der Waals surface area contributed by atoms with Crippen molar-refractivity contribution < 1.29 is 0 Å². The van der Waals surface area contributed by atoms with Gasteiger partial charge >= 0.3 is 0 Å². The summed E-state index contributed by atoms with van der Waals surface area (Å²) in [5.74, 6) is 6.75. The van der Waals surface area contributed by atoms with E-state index in [0.717, 1.165) is 12.8 Å². The van der Waals surface area contributed by atoms with Crippen molar-refractivity contribution in [3.63, 3.8) is 0 Å². The van der Waals surface area contributed by atoms with Crippen molar-refractivity contribution in [2.24, 2.45) is 5.92 Å². The van der Waals surface area contributed by atoms with Gasteiger partial charge in [0.2, 0.25) is 0 Å². The van der Waals surface area contributed by atoms with Crippen LogP contribution in [0, 0.1) is 29.1 Å². The van der Waals surface area contributed by atoms with E-state index in [0.29, 0.717) is 11.8 Å². The van der Waals surface area contributed by atoms with Crippen molar-refractivity contribution >= 4 is 0 Å². The Balaban J connectivity index is 1.89. The zero-order valence-electron chi connectivity index (χ0n) is 12.4. The minimum absolute atomic E-state index is 0.440. The van der Waals surface area contributed by atoms with Gasteiger partial charge in [0.1, 0.15) is 0 Å². The van der Waals surface area contributed by atoms with Crippen molar-refractivity contribution in [1.29, 1.82) is 5.26 Å². The molecule has 0 unspecified atom stereocenters. The lowest BCUT2D eigenvalue weighted by Crippen LogP contribution is -2.12. The number of hydrogen-bond acceptors (Lipinski definition) is 1. The highest BCUT2D eigenvalue weighted by Crippen LogP contribution is 2.35. The Morgan fingerprint density at radius 2 is 1.80 bits per heavy atom. The van der Waals surface area contributed by atoms with E-state index in [4.69, 9.17) is 5.26 Å². The molecule has 0 saturated heterocycles. The van der Waals surface area contributed by atoms with Gasteiger partial charge in [0, 0.05) is 11.8 Å². The fourth-order valence-corrected chi connectivity index (χ4v) is 3.04. The molecule has 1 saturated carbocycles. The molecule has 2 rings (SSSR count). The predicted molar refractivity (Wildman–Crippen MR) is 83.1 cm³/mol. The first-order chi connectivity index (χ1) is 9.83. The van der Waals surface area contributed by atoms with Gasteiger partial charge in [0.05, 0.1) is 0 Å². The Bertz CT molecular complexity index is 501. The smallest absolute Gasteiger partial charge is 0.152 e. The van der Waals surface area contributed by atoms with Gasteiger partial charge in [-0.25, -0.2) is 0 Å². The molecule has 1 nitrogen and oxygen atoms in total. The zero-order chi connectivity index (χ0) is 14.2. The summed E-state index contributed by atoms with van der Waals surface area (Å²) in [5, 5.41) is 8.49. The second-order valence-corrected chi connectivity index (χ2v) is 5.77. The summed E-state index contributed by atoms with van der Waals surface area (Å²) in [6.07, 6.45) is 8.43. The van der Waals surface area contributed by atoms with Crippen molar-refractivity contribution in [3.05, 3.63) is 35.4 Å².